The zero-order valence-corrected chi connectivity index (χ0v) is 21.3. The van der Waals surface area contributed by atoms with Crippen molar-refractivity contribution in [1.29, 1.82) is 0 Å². The highest BCUT2D eigenvalue weighted by Crippen LogP contribution is 2.25. The highest BCUT2D eigenvalue weighted by molar-refractivity contribution is 9.10. The number of hydrogen-bond acceptors (Lipinski definition) is 4. The van der Waals surface area contributed by atoms with Crippen molar-refractivity contribution in [2.75, 3.05) is 22.7 Å². The fourth-order valence-electron chi connectivity index (χ4n) is 3.14. The second-order valence-corrected chi connectivity index (χ2v) is 10.8. The first kappa shape index (κ1) is 25.5. The second kappa shape index (κ2) is 11.3. The number of amides is 2. The summed E-state index contributed by atoms with van der Waals surface area (Å²) in [5, 5.41) is 5.53. The first-order valence-corrected chi connectivity index (χ1v) is 12.9. The summed E-state index contributed by atoms with van der Waals surface area (Å²) in [6.07, 6.45) is 0. The average Bonchev–Trinajstić information content (AvgIpc) is 2.82. The number of nitrogens with one attached hydrogen (secondary N) is 2. The van der Waals surface area contributed by atoms with Gasteiger partial charge in [-0.3, -0.25) is 13.9 Å². The maximum atomic E-state index is 13.4. The standard InChI is InChI=1S/C25H26BrN3O4S/c1-18(2)16-27-25(31)22-10-6-7-11-23(22)28-24(30)17-29(20-14-12-19(26)13-15-20)34(32,33)21-8-4-3-5-9-21/h3-15,18H,16-17H2,1-2H3,(H,27,31)(H,28,30). The highest BCUT2D eigenvalue weighted by Gasteiger charge is 2.27. The van der Waals surface area contributed by atoms with E-state index in [9.17, 15) is 18.0 Å². The van der Waals surface area contributed by atoms with Crippen LogP contribution in [0.3, 0.4) is 0 Å². The number of hydrogen-bond donors (Lipinski definition) is 2. The van der Waals surface area contributed by atoms with Crippen LogP contribution in [0, 0.1) is 5.92 Å². The normalized spacial score (nSPS) is 11.2. The molecule has 3 rings (SSSR count). The molecule has 9 heteroatoms. The fraction of sp³-hybridized carbons (Fsp3) is 0.200. The molecule has 3 aromatic carbocycles. The molecule has 34 heavy (non-hydrogen) atoms. The SMILES string of the molecule is CC(C)CNC(=O)c1ccccc1NC(=O)CN(c1ccc(Br)cc1)S(=O)(=O)c1ccccc1. The lowest BCUT2D eigenvalue weighted by molar-refractivity contribution is -0.114. The third kappa shape index (κ3) is 6.45. The molecule has 0 unspecified atom stereocenters. The summed E-state index contributed by atoms with van der Waals surface area (Å²) in [4.78, 5) is 25.7. The summed E-state index contributed by atoms with van der Waals surface area (Å²) in [6.45, 7) is 3.99. The van der Waals surface area contributed by atoms with Gasteiger partial charge in [-0.05, 0) is 54.4 Å². The van der Waals surface area contributed by atoms with Crippen LogP contribution < -0.4 is 14.9 Å². The van der Waals surface area contributed by atoms with Crippen molar-refractivity contribution >= 4 is 49.1 Å². The fourth-order valence-corrected chi connectivity index (χ4v) is 4.85. The molecule has 0 aliphatic heterocycles. The van der Waals surface area contributed by atoms with E-state index in [1.165, 1.54) is 12.1 Å². The first-order chi connectivity index (χ1) is 16.2. The largest absolute Gasteiger partial charge is 0.352 e. The van der Waals surface area contributed by atoms with E-state index in [2.05, 4.69) is 26.6 Å². The van der Waals surface area contributed by atoms with Crippen molar-refractivity contribution in [1.82, 2.24) is 5.32 Å². The highest BCUT2D eigenvalue weighted by atomic mass is 79.9. The van der Waals surface area contributed by atoms with Crippen molar-refractivity contribution < 1.29 is 18.0 Å². The van der Waals surface area contributed by atoms with Gasteiger partial charge in [0, 0.05) is 11.0 Å². The molecule has 0 aliphatic rings. The van der Waals surface area contributed by atoms with E-state index in [0.717, 1.165) is 8.78 Å². The Kier molecular flexibility index (Phi) is 8.46. The molecular formula is C25H26BrN3O4S. The van der Waals surface area contributed by atoms with E-state index in [1.807, 2.05) is 13.8 Å². The Labute approximate surface area is 208 Å². The molecule has 178 valence electrons. The van der Waals surface area contributed by atoms with E-state index < -0.39 is 22.5 Å². The van der Waals surface area contributed by atoms with Gasteiger partial charge in [-0.25, -0.2) is 8.42 Å². The van der Waals surface area contributed by atoms with Crippen LogP contribution in [0.5, 0.6) is 0 Å². The number of rotatable bonds is 9. The van der Waals surface area contributed by atoms with Gasteiger partial charge >= 0.3 is 0 Å². The third-order valence-electron chi connectivity index (χ3n) is 4.85. The Morgan fingerprint density at radius 1 is 0.912 bits per heavy atom. The van der Waals surface area contributed by atoms with Gasteiger partial charge in [-0.2, -0.15) is 0 Å². The monoisotopic (exact) mass is 543 g/mol. The molecule has 0 atom stereocenters. The number of sulfonamides is 1. The van der Waals surface area contributed by atoms with E-state index >= 15 is 0 Å². The van der Waals surface area contributed by atoms with E-state index in [-0.39, 0.29) is 16.7 Å². The second-order valence-electron chi connectivity index (χ2n) is 8.00. The van der Waals surface area contributed by atoms with Crippen LogP contribution >= 0.6 is 15.9 Å². The van der Waals surface area contributed by atoms with Crippen LogP contribution in [-0.2, 0) is 14.8 Å². The van der Waals surface area contributed by atoms with Gasteiger partial charge in [0.05, 0.1) is 21.8 Å². The quantitative estimate of drug-likeness (QED) is 0.410. The molecule has 0 aliphatic carbocycles. The lowest BCUT2D eigenvalue weighted by Crippen LogP contribution is -2.38. The Morgan fingerprint density at radius 2 is 1.53 bits per heavy atom. The molecule has 7 nitrogen and oxygen atoms in total. The number of benzene rings is 3. The van der Waals surface area contributed by atoms with Crippen LogP contribution in [0.15, 0.2) is 88.2 Å². The number of carbonyl (C=O) groups is 2. The predicted octanol–water partition coefficient (Wildman–Crippen LogP) is 4.67. The summed E-state index contributed by atoms with van der Waals surface area (Å²) in [5.74, 6) is -0.619. The maximum absolute atomic E-state index is 13.4. The van der Waals surface area contributed by atoms with Gasteiger partial charge < -0.3 is 10.6 Å². The van der Waals surface area contributed by atoms with Gasteiger partial charge in [-0.15, -0.1) is 0 Å². The molecule has 0 saturated heterocycles. The molecule has 0 spiro atoms. The minimum atomic E-state index is -4.02. The third-order valence-corrected chi connectivity index (χ3v) is 7.17. The number of carbonyl (C=O) groups excluding carboxylic acids is 2. The Balaban J connectivity index is 1.88. The zero-order valence-electron chi connectivity index (χ0n) is 18.9. The van der Waals surface area contributed by atoms with Crippen LogP contribution in [0.2, 0.25) is 0 Å². The van der Waals surface area contributed by atoms with Gasteiger partial charge in [0.1, 0.15) is 6.54 Å². The minimum absolute atomic E-state index is 0.0687. The smallest absolute Gasteiger partial charge is 0.264 e. The Hall–Kier alpha value is -3.17. The lowest BCUT2D eigenvalue weighted by Gasteiger charge is -2.24. The van der Waals surface area contributed by atoms with Gasteiger partial charge in [-0.1, -0.05) is 60.1 Å². The van der Waals surface area contributed by atoms with Crippen molar-refractivity contribution in [2.24, 2.45) is 5.92 Å². The topological polar surface area (TPSA) is 95.6 Å². The number of anilines is 2. The van der Waals surface area contributed by atoms with Crippen LogP contribution in [0.4, 0.5) is 11.4 Å². The Bertz CT molecular complexity index is 1250. The van der Waals surface area contributed by atoms with Gasteiger partial charge in [0.2, 0.25) is 5.91 Å². The van der Waals surface area contributed by atoms with Crippen LogP contribution in [0.1, 0.15) is 24.2 Å². The summed E-state index contributed by atoms with van der Waals surface area (Å²) < 4.78 is 28.6. The lowest BCUT2D eigenvalue weighted by atomic mass is 10.1. The van der Waals surface area contributed by atoms with Crippen molar-refractivity contribution in [3.05, 3.63) is 88.9 Å². The number of nitrogens with zero attached hydrogens (tertiary/aromatic N) is 1. The Morgan fingerprint density at radius 3 is 2.18 bits per heavy atom. The maximum Gasteiger partial charge on any atom is 0.264 e. The molecule has 2 N–H and O–H groups in total. The average molecular weight is 544 g/mol. The molecule has 0 radical (unpaired) electrons. The first-order valence-electron chi connectivity index (χ1n) is 10.7. The predicted molar refractivity (Wildman–Crippen MR) is 137 cm³/mol. The molecule has 0 saturated carbocycles. The van der Waals surface area contributed by atoms with Crippen LogP contribution in [-0.4, -0.2) is 33.3 Å². The van der Waals surface area contributed by atoms with Crippen molar-refractivity contribution in [2.45, 2.75) is 18.7 Å². The van der Waals surface area contributed by atoms with E-state index in [4.69, 9.17) is 0 Å². The van der Waals surface area contributed by atoms with E-state index in [0.29, 0.717) is 23.5 Å². The zero-order chi connectivity index (χ0) is 24.7. The molecule has 2 amide bonds. The molecule has 0 bridgehead atoms. The molecule has 0 fully saturated rings. The van der Waals surface area contributed by atoms with Crippen LogP contribution in [0.25, 0.3) is 0 Å². The molecular weight excluding hydrogens is 518 g/mol. The van der Waals surface area contributed by atoms with Crippen molar-refractivity contribution in [3.8, 4) is 0 Å². The molecule has 0 heterocycles. The number of halogens is 1. The molecule has 3 aromatic rings. The minimum Gasteiger partial charge on any atom is -0.352 e. The summed E-state index contributed by atoms with van der Waals surface area (Å²) >= 11 is 3.34. The van der Waals surface area contributed by atoms with Gasteiger partial charge in [0.15, 0.2) is 0 Å². The summed E-state index contributed by atoms with van der Waals surface area (Å²) in [5.41, 5.74) is 0.949. The molecule has 0 aromatic heterocycles. The van der Waals surface area contributed by atoms with Gasteiger partial charge in [0.25, 0.3) is 15.9 Å². The van der Waals surface area contributed by atoms with E-state index in [1.54, 1.807) is 66.7 Å². The number of para-hydroxylation sites is 1. The van der Waals surface area contributed by atoms with Crippen molar-refractivity contribution in [3.63, 3.8) is 0 Å². The summed E-state index contributed by atoms with van der Waals surface area (Å²) in [6, 6.07) is 21.2. The summed E-state index contributed by atoms with van der Waals surface area (Å²) in [7, 11) is -4.02.